The van der Waals surface area contributed by atoms with Gasteiger partial charge in [-0.1, -0.05) is 31.0 Å². The first kappa shape index (κ1) is 17.2. The summed E-state index contributed by atoms with van der Waals surface area (Å²) in [4.78, 5) is 28.6. The van der Waals surface area contributed by atoms with Crippen molar-refractivity contribution in [3.63, 3.8) is 0 Å². The lowest BCUT2D eigenvalue weighted by atomic mass is 10.1. The highest BCUT2D eigenvalue weighted by Crippen LogP contribution is 2.28. The Morgan fingerprint density at radius 3 is 2.46 bits per heavy atom. The van der Waals surface area contributed by atoms with Crippen LogP contribution in [0, 0.1) is 5.92 Å². The molecule has 1 N–H and O–H groups in total. The van der Waals surface area contributed by atoms with Gasteiger partial charge in [0.15, 0.2) is 0 Å². The van der Waals surface area contributed by atoms with E-state index in [0.717, 1.165) is 25.0 Å². The maximum Gasteiger partial charge on any atom is 0.317 e. The molecular weight excluding hydrogens is 330 g/mol. The SMILES string of the molecule is O=C(NC[C@H]1Cc2ccccc2O1)N1CCN(C(=O)C2CCCC2)CC1. The Hall–Kier alpha value is -2.24. The maximum atomic E-state index is 12.5. The average Bonchev–Trinajstić information content (AvgIpc) is 3.35. The van der Waals surface area contributed by atoms with Gasteiger partial charge in [-0.05, 0) is 24.5 Å². The van der Waals surface area contributed by atoms with Crippen LogP contribution in [-0.2, 0) is 11.2 Å². The molecule has 0 unspecified atom stereocenters. The van der Waals surface area contributed by atoms with Gasteiger partial charge < -0.3 is 19.9 Å². The lowest BCUT2D eigenvalue weighted by molar-refractivity contribution is -0.136. The molecule has 0 bridgehead atoms. The summed E-state index contributed by atoms with van der Waals surface area (Å²) in [5.41, 5.74) is 1.20. The van der Waals surface area contributed by atoms with Gasteiger partial charge in [0.25, 0.3) is 0 Å². The summed E-state index contributed by atoms with van der Waals surface area (Å²) in [7, 11) is 0. The molecule has 6 heteroatoms. The van der Waals surface area contributed by atoms with Crippen molar-refractivity contribution in [2.45, 2.75) is 38.2 Å². The van der Waals surface area contributed by atoms with Gasteiger partial charge >= 0.3 is 6.03 Å². The topological polar surface area (TPSA) is 61.9 Å². The van der Waals surface area contributed by atoms with Crippen LogP contribution in [0.1, 0.15) is 31.2 Å². The summed E-state index contributed by atoms with van der Waals surface area (Å²) in [5, 5.41) is 2.99. The number of nitrogens with zero attached hydrogens (tertiary/aromatic N) is 2. The fourth-order valence-corrected chi connectivity index (χ4v) is 4.24. The molecule has 140 valence electrons. The minimum atomic E-state index is -0.0579. The molecular formula is C20H27N3O3. The number of hydrogen-bond donors (Lipinski definition) is 1. The van der Waals surface area contributed by atoms with Crippen LogP contribution in [0.15, 0.2) is 24.3 Å². The molecule has 1 saturated heterocycles. The Kier molecular flexibility index (Phi) is 5.00. The quantitative estimate of drug-likeness (QED) is 0.900. The van der Waals surface area contributed by atoms with Crippen LogP contribution in [0.5, 0.6) is 5.75 Å². The number of para-hydroxylation sites is 1. The second-order valence-corrected chi connectivity index (χ2v) is 7.53. The Labute approximate surface area is 154 Å². The van der Waals surface area contributed by atoms with E-state index in [2.05, 4.69) is 11.4 Å². The van der Waals surface area contributed by atoms with Gasteiger partial charge in [-0.2, -0.15) is 0 Å². The van der Waals surface area contributed by atoms with Crippen molar-refractivity contribution in [2.24, 2.45) is 5.92 Å². The van der Waals surface area contributed by atoms with Crippen LogP contribution in [-0.4, -0.2) is 60.6 Å². The summed E-state index contributed by atoms with van der Waals surface area (Å²) in [5.74, 6) is 1.43. The fraction of sp³-hybridized carbons (Fsp3) is 0.600. The minimum absolute atomic E-state index is 0.00147. The predicted octanol–water partition coefficient (Wildman–Crippen LogP) is 2.03. The van der Waals surface area contributed by atoms with Gasteiger partial charge in [-0.3, -0.25) is 4.79 Å². The number of urea groups is 1. The number of nitrogens with one attached hydrogen (secondary N) is 1. The van der Waals surface area contributed by atoms with E-state index in [0.29, 0.717) is 38.6 Å². The van der Waals surface area contributed by atoms with Crippen molar-refractivity contribution in [2.75, 3.05) is 32.7 Å². The summed E-state index contributed by atoms with van der Waals surface area (Å²) in [6.45, 7) is 3.02. The van der Waals surface area contributed by atoms with E-state index in [9.17, 15) is 9.59 Å². The zero-order chi connectivity index (χ0) is 17.9. The Balaban J connectivity index is 1.20. The number of benzene rings is 1. The van der Waals surface area contributed by atoms with E-state index in [1.807, 2.05) is 23.1 Å². The summed E-state index contributed by atoms with van der Waals surface area (Å²) < 4.78 is 5.86. The number of ether oxygens (including phenoxy) is 1. The first-order valence-electron chi connectivity index (χ1n) is 9.77. The van der Waals surface area contributed by atoms with Crippen LogP contribution in [0.2, 0.25) is 0 Å². The zero-order valence-corrected chi connectivity index (χ0v) is 15.2. The van der Waals surface area contributed by atoms with E-state index in [1.54, 1.807) is 4.90 Å². The van der Waals surface area contributed by atoms with E-state index in [1.165, 1.54) is 18.4 Å². The van der Waals surface area contributed by atoms with Gasteiger partial charge in [0.05, 0.1) is 6.54 Å². The molecule has 6 nitrogen and oxygen atoms in total. The number of amides is 3. The van der Waals surface area contributed by atoms with Gasteiger partial charge in [-0.15, -0.1) is 0 Å². The van der Waals surface area contributed by atoms with E-state index >= 15 is 0 Å². The summed E-state index contributed by atoms with van der Waals surface area (Å²) in [6, 6.07) is 7.95. The van der Waals surface area contributed by atoms with E-state index in [-0.39, 0.29) is 18.1 Å². The summed E-state index contributed by atoms with van der Waals surface area (Å²) >= 11 is 0. The second kappa shape index (κ2) is 7.56. The molecule has 1 aliphatic carbocycles. The van der Waals surface area contributed by atoms with E-state index in [4.69, 9.17) is 4.74 Å². The number of hydrogen-bond acceptors (Lipinski definition) is 3. The number of fused-ring (bicyclic) bond motifs is 1. The third kappa shape index (κ3) is 3.64. The van der Waals surface area contributed by atoms with Crippen molar-refractivity contribution in [1.29, 1.82) is 0 Å². The average molecular weight is 357 g/mol. The number of carbonyl (C=O) groups is 2. The standard InChI is InChI=1S/C20H27N3O3/c24-19(15-5-1-2-6-15)22-9-11-23(12-10-22)20(25)21-14-17-13-16-7-3-4-8-18(16)26-17/h3-4,7-8,15,17H,1-2,5-6,9-14H2,(H,21,25)/t17-/m1/s1. The molecule has 2 heterocycles. The van der Waals surface area contributed by atoms with Gasteiger partial charge in [0.2, 0.25) is 5.91 Å². The monoisotopic (exact) mass is 357 g/mol. The van der Waals surface area contributed by atoms with Crippen LogP contribution in [0.25, 0.3) is 0 Å². The lowest BCUT2D eigenvalue weighted by Gasteiger charge is -2.36. The van der Waals surface area contributed by atoms with Crippen molar-refractivity contribution >= 4 is 11.9 Å². The number of carbonyl (C=O) groups excluding carboxylic acids is 2. The third-order valence-electron chi connectivity index (χ3n) is 5.78. The normalized spacial score (nSPS) is 22.8. The molecule has 1 saturated carbocycles. The van der Waals surface area contributed by atoms with Crippen molar-refractivity contribution in [3.8, 4) is 5.75 Å². The summed E-state index contributed by atoms with van der Waals surface area (Å²) in [6.07, 6.45) is 5.24. The van der Waals surface area contributed by atoms with Crippen LogP contribution < -0.4 is 10.1 Å². The number of rotatable bonds is 3. The molecule has 3 aliphatic rings. The molecule has 3 amide bonds. The minimum Gasteiger partial charge on any atom is -0.488 e. The van der Waals surface area contributed by atoms with Crippen LogP contribution in [0.4, 0.5) is 4.79 Å². The Morgan fingerprint density at radius 2 is 1.73 bits per heavy atom. The smallest absolute Gasteiger partial charge is 0.317 e. The molecule has 2 aliphatic heterocycles. The highest BCUT2D eigenvalue weighted by Gasteiger charge is 2.31. The van der Waals surface area contributed by atoms with Crippen LogP contribution >= 0.6 is 0 Å². The van der Waals surface area contributed by atoms with Crippen molar-refractivity contribution in [3.05, 3.63) is 29.8 Å². The van der Waals surface area contributed by atoms with Crippen molar-refractivity contribution < 1.29 is 14.3 Å². The van der Waals surface area contributed by atoms with Crippen LogP contribution in [0.3, 0.4) is 0 Å². The van der Waals surface area contributed by atoms with Crippen molar-refractivity contribution in [1.82, 2.24) is 15.1 Å². The lowest BCUT2D eigenvalue weighted by Crippen LogP contribution is -2.54. The molecule has 0 aromatic heterocycles. The molecule has 1 aromatic carbocycles. The molecule has 26 heavy (non-hydrogen) atoms. The fourth-order valence-electron chi connectivity index (χ4n) is 4.24. The molecule has 4 rings (SSSR count). The first-order valence-corrected chi connectivity index (χ1v) is 9.77. The van der Waals surface area contributed by atoms with Gasteiger partial charge in [0.1, 0.15) is 11.9 Å². The Morgan fingerprint density at radius 1 is 1.04 bits per heavy atom. The van der Waals surface area contributed by atoms with Gasteiger partial charge in [0, 0.05) is 38.5 Å². The second-order valence-electron chi connectivity index (χ2n) is 7.53. The molecule has 2 fully saturated rings. The third-order valence-corrected chi connectivity index (χ3v) is 5.78. The zero-order valence-electron chi connectivity index (χ0n) is 15.2. The molecule has 0 spiro atoms. The number of piperazine rings is 1. The predicted molar refractivity (Wildman–Crippen MR) is 98.1 cm³/mol. The van der Waals surface area contributed by atoms with E-state index < -0.39 is 0 Å². The highest BCUT2D eigenvalue weighted by molar-refractivity contribution is 5.80. The largest absolute Gasteiger partial charge is 0.488 e. The van der Waals surface area contributed by atoms with Gasteiger partial charge in [-0.25, -0.2) is 4.79 Å². The Bertz CT molecular complexity index is 639. The highest BCUT2D eigenvalue weighted by atomic mass is 16.5. The maximum absolute atomic E-state index is 12.5. The molecule has 1 atom stereocenters. The first-order chi connectivity index (χ1) is 12.7. The molecule has 0 radical (unpaired) electrons. The molecule has 1 aromatic rings.